The summed E-state index contributed by atoms with van der Waals surface area (Å²) >= 11 is 3.48. The Morgan fingerprint density at radius 2 is 1.69 bits per heavy atom. The zero-order valence-electron chi connectivity index (χ0n) is 15.0. The van der Waals surface area contributed by atoms with E-state index >= 15 is 0 Å². The number of nitrogens with zero attached hydrogens (tertiary/aromatic N) is 1. The molecule has 0 atom stereocenters. The van der Waals surface area contributed by atoms with E-state index in [4.69, 9.17) is 4.74 Å². The summed E-state index contributed by atoms with van der Waals surface area (Å²) in [4.78, 5) is 12.1. The molecule has 0 unspecified atom stereocenters. The molecule has 0 bridgehead atoms. The third-order valence-electron chi connectivity index (χ3n) is 4.31. The summed E-state index contributed by atoms with van der Waals surface area (Å²) in [5.74, 6) is -0.262. The molecule has 0 radical (unpaired) electrons. The highest BCUT2D eigenvalue weighted by Crippen LogP contribution is 2.27. The van der Waals surface area contributed by atoms with E-state index in [0.29, 0.717) is 12.2 Å². The van der Waals surface area contributed by atoms with E-state index in [1.54, 1.807) is 0 Å². The molecule has 4 heteroatoms. The van der Waals surface area contributed by atoms with E-state index in [9.17, 15) is 4.79 Å². The van der Waals surface area contributed by atoms with Gasteiger partial charge in [-0.3, -0.25) is 0 Å². The molecular formula is C22H22BrNO2. The Balaban J connectivity index is 1.87. The van der Waals surface area contributed by atoms with Crippen LogP contribution in [-0.2, 0) is 4.74 Å². The topological polar surface area (TPSA) is 31.2 Å². The molecule has 134 valence electrons. The molecule has 3 rings (SSSR count). The fourth-order valence-corrected chi connectivity index (χ4v) is 3.13. The normalized spacial score (nSPS) is 10.7. The average molecular weight is 412 g/mol. The van der Waals surface area contributed by atoms with Crippen molar-refractivity contribution >= 4 is 21.9 Å². The van der Waals surface area contributed by atoms with Crippen LogP contribution in [0.5, 0.6) is 0 Å². The number of aromatic nitrogens is 1. The van der Waals surface area contributed by atoms with Crippen LogP contribution < -0.4 is 0 Å². The predicted octanol–water partition coefficient (Wildman–Crippen LogP) is 6.17. The maximum atomic E-state index is 12.1. The summed E-state index contributed by atoms with van der Waals surface area (Å²) < 4.78 is 8.52. The fourth-order valence-electron chi connectivity index (χ4n) is 2.87. The Bertz CT molecular complexity index is 880. The number of halogens is 1. The van der Waals surface area contributed by atoms with Crippen LogP contribution in [0, 0.1) is 6.92 Å². The Kier molecular flexibility index (Phi) is 5.94. The van der Waals surface area contributed by atoms with Gasteiger partial charge in [-0.1, -0.05) is 41.4 Å². The molecular weight excluding hydrogens is 390 g/mol. The minimum absolute atomic E-state index is 0.262. The lowest BCUT2D eigenvalue weighted by Gasteiger charge is -2.13. The molecule has 26 heavy (non-hydrogen) atoms. The van der Waals surface area contributed by atoms with E-state index in [1.807, 2.05) is 36.4 Å². The van der Waals surface area contributed by atoms with Crippen LogP contribution in [0.15, 0.2) is 65.1 Å². The lowest BCUT2D eigenvalue weighted by atomic mass is 10.1. The minimum Gasteiger partial charge on any atom is -0.462 e. The van der Waals surface area contributed by atoms with Gasteiger partial charge >= 0.3 is 5.97 Å². The lowest BCUT2D eigenvalue weighted by Crippen LogP contribution is -2.07. The molecule has 3 nitrogen and oxygen atoms in total. The van der Waals surface area contributed by atoms with Gasteiger partial charge in [0.2, 0.25) is 0 Å². The Morgan fingerprint density at radius 1 is 1.00 bits per heavy atom. The van der Waals surface area contributed by atoms with Gasteiger partial charge in [0.15, 0.2) is 0 Å². The number of carbonyl (C=O) groups is 1. The summed E-state index contributed by atoms with van der Waals surface area (Å²) in [6.45, 7) is 4.63. The van der Waals surface area contributed by atoms with Crippen LogP contribution in [0.3, 0.4) is 0 Å². The second-order valence-electron chi connectivity index (χ2n) is 6.24. The third kappa shape index (κ3) is 4.07. The first-order valence-electron chi connectivity index (χ1n) is 8.82. The summed E-state index contributed by atoms with van der Waals surface area (Å²) in [7, 11) is 0. The Labute approximate surface area is 162 Å². The quantitative estimate of drug-likeness (QED) is 0.358. The van der Waals surface area contributed by atoms with E-state index in [1.165, 1.54) is 0 Å². The first-order chi connectivity index (χ1) is 12.6. The van der Waals surface area contributed by atoms with Crippen molar-refractivity contribution in [1.29, 1.82) is 0 Å². The zero-order chi connectivity index (χ0) is 18.5. The van der Waals surface area contributed by atoms with Crippen LogP contribution in [0.1, 0.15) is 35.8 Å². The number of rotatable bonds is 6. The van der Waals surface area contributed by atoms with Crippen molar-refractivity contribution in [3.63, 3.8) is 0 Å². The standard InChI is InChI=1S/C22H22BrNO2/c1-3-4-15-26-22(25)18-8-12-20(13-9-18)24-16(2)5-14-21(24)17-6-10-19(23)11-7-17/h5-14H,3-4,15H2,1-2H3. The maximum absolute atomic E-state index is 12.1. The molecule has 0 aliphatic carbocycles. The SMILES string of the molecule is CCCCOC(=O)c1ccc(-n2c(C)ccc2-c2ccc(Br)cc2)cc1. The molecule has 0 N–H and O–H groups in total. The highest BCUT2D eigenvalue weighted by atomic mass is 79.9. The van der Waals surface area contributed by atoms with E-state index in [-0.39, 0.29) is 5.97 Å². The van der Waals surface area contributed by atoms with Crippen LogP contribution in [0.2, 0.25) is 0 Å². The van der Waals surface area contributed by atoms with E-state index in [0.717, 1.165) is 40.0 Å². The fraction of sp³-hybridized carbons (Fsp3) is 0.227. The maximum Gasteiger partial charge on any atom is 0.338 e. The Morgan fingerprint density at radius 3 is 2.35 bits per heavy atom. The number of esters is 1. The molecule has 2 aromatic carbocycles. The highest BCUT2D eigenvalue weighted by molar-refractivity contribution is 9.10. The molecule has 1 heterocycles. The number of hydrogen-bond acceptors (Lipinski definition) is 2. The molecule has 0 amide bonds. The van der Waals surface area contributed by atoms with Crippen molar-refractivity contribution in [2.75, 3.05) is 6.61 Å². The van der Waals surface area contributed by atoms with Crippen LogP contribution in [-0.4, -0.2) is 17.1 Å². The van der Waals surface area contributed by atoms with Crippen molar-refractivity contribution in [3.05, 3.63) is 76.4 Å². The summed E-state index contributed by atoms with van der Waals surface area (Å²) in [6, 6.07) is 20.1. The summed E-state index contributed by atoms with van der Waals surface area (Å²) in [5, 5.41) is 0. The van der Waals surface area contributed by atoms with Crippen LogP contribution >= 0.6 is 15.9 Å². The first-order valence-corrected chi connectivity index (χ1v) is 9.61. The van der Waals surface area contributed by atoms with E-state index in [2.05, 4.69) is 58.6 Å². The number of ether oxygens (including phenoxy) is 1. The van der Waals surface area contributed by atoms with Crippen LogP contribution in [0.25, 0.3) is 16.9 Å². The Hall–Kier alpha value is -2.33. The van der Waals surface area contributed by atoms with Gasteiger partial charge in [0, 0.05) is 15.9 Å². The minimum atomic E-state index is -0.262. The summed E-state index contributed by atoms with van der Waals surface area (Å²) in [5.41, 5.74) is 5.01. The van der Waals surface area contributed by atoms with E-state index < -0.39 is 0 Å². The van der Waals surface area contributed by atoms with Gasteiger partial charge in [-0.25, -0.2) is 4.79 Å². The largest absolute Gasteiger partial charge is 0.462 e. The zero-order valence-corrected chi connectivity index (χ0v) is 16.6. The van der Waals surface area contributed by atoms with Gasteiger partial charge in [0.05, 0.1) is 17.9 Å². The van der Waals surface area contributed by atoms with Crippen molar-refractivity contribution in [2.24, 2.45) is 0 Å². The van der Waals surface area contributed by atoms with Gasteiger partial charge in [-0.05, 0) is 67.4 Å². The van der Waals surface area contributed by atoms with Gasteiger partial charge in [0.1, 0.15) is 0 Å². The van der Waals surface area contributed by atoms with Crippen molar-refractivity contribution in [3.8, 4) is 16.9 Å². The lowest BCUT2D eigenvalue weighted by molar-refractivity contribution is 0.0500. The highest BCUT2D eigenvalue weighted by Gasteiger charge is 2.11. The number of carbonyl (C=O) groups excluding carboxylic acids is 1. The monoisotopic (exact) mass is 411 g/mol. The van der Waals surface area contributed by atoms with Gasteiger partial charge < -0.3 is 9.30 Å². The molecule has 0 aliphatic rings. The molecule has 1 aromatic heterocycles. The number of unbranched alkanes of at least 4 members (excludes halogenated alkanes) is 1. The van der Waals surface area contributed by atoms with Crippen molar-refractivity contribution in [1.82, 2.24) is 4.57 Å². The van der Waals surface area contributed by atoms with Gasteiger partial charge in [-0.2, -0.15) is 0 Å². The third-order valence-corrected chi connectivity index (χ3v) is 4.84. The molecule has 0 spiro atoms. The number of aryl methyl sites for hydroxylation is 1. The smallest absolute Gasteiger partial charge is 0.338 e. The molecule has 0 aliphatic heterocycles. The second kappa shape index (κ2) is 8.37. The van der Waals surface area contributed by atoms with Crippen LogP contribution in [0.4, 0.5) is 0 Å². The number of benzene rings is 2. The second-order valence-corrected chi connectivity index (χ2v) is 7.15. The van der Waals surface area contributed by atoms with Crippen molar-refractivity contribution < 1.29 is 9.53 Å². The molecule has 0 saturated carbocycles. The predicted molar refractivity (Wildman–Crippen MR) is 109 cm³/mol. The first kappa shape index (κ1) is 18.5. The molecule has 0 saturated heterocycles. The number of hydrogen-bond donors (Lipinski definition) is 0. The average Bonchev–Trinajstić information content (AvgIpc) is 3.04. The van der Waals surface area contributed by atoms with Gasteiger partial charge in [-0.15, -0.1) is 0 Å². The van der Waals surface area contributed by atoms with Crippen molar-refractivity contribution in [2.45, 2.75) is 26.7 Å². The molecule has 3 aromatic rings. The summed E-state index contributed by atoms with van der Waals surface area (Å²) in [6.07, 6.45) is 1.90. The van der Waals surface area contributed by atoms with Gasteiger partial charge in [0.25, 0.3) is 0 Å². The molecule has 0 fully saturated rings.